The molecule has 1 amide bonds. The number of hydrogen-bond donors (Lipinski definition) is 1. The minimum absolute atomic E-state index is 0.187. The van der Waals surface area contributed by atoms with Crippen molar-refractivity contribution in [3.05, 3.63) is 100 Å². The van der Waals surface area contributed by atoms with Gasteiger partial charge < -0.3 is 9.73 Å². The Balaban J connectivity index is 1.42. The molecule has 0 aliphatic rings. The van der Waals surface area contributed by atoms with Gasteiger partial charge in [-0.05, 0) is 74.5 Å². The molecule has 0 aliphatic carbocycles. The van der Waals surface area contributed by atoms with Gasteiger partial charge in [-0.15, -0.1) is 11.8 Å². The van der Waals surface area contributed by atoms with Gasteiger partial charge in [0.2, 0.25) is 5.89 Å². The molecule has 6 heteroatoms. The minimum atomic E-state index is -0.187. The van der Waals surface area contributed by atoms with Gasteiger partial charge in [0.05, 0.1) is 5.69 Å². The molecule has 0 saturated carbocycles. The van der Waals surface area contributed by atoms with Crippen LogP contribution >= 0.6 is 23.4 Å². The summed E-state index contributed by atoms with van der Waals surface area (Å²) in [6.45, 7) is 4.00. The number of thioether (sulfide) groups is 1. The van der Waals surface area contributed by atoms with Crippen LogP contribution in [0.2, 0.25) is 5.02 Å². The van der Waals surface area contributed by atoms with Crippen LogP contribution in [0, 0.1) is 13.8 Å². The highest BCUT2D eigenvalue weighted by Crippen LogP contribution is 2.28. The molecule has 0 fully saturated rings. The molecule has 4 rings (SSSR count). The number of amides is 1. The summed E-state index contributed by atoms with van der Waals surface area (Å²) in [5.41, 5.74) is 4.24. The highest BCUT2D eigenvalue weighted by Gasteiger charge is 2.13. The molecular weight excluding hydrogens is 428 g/mol. The number of carbonyl (C=O) groups is 1. The number of benzene rings is 3. The van der Waals surface area contributed by atoms with Gasteiger partial charge in [-0.1, -0.05) is 29.3 Å². The largest absolute Gasteiger partial charge is 0.441 e. The molecule has 0 bridgehead atoms. The summed E-state index contributed by atoms with van der Waals surface area (Å²) < 4.78 is 5.88. The zero-order valence-electron chi connectivity index (χ0n) is 17.2. The van der Waals surface area contributed by atoms with Gasteiger partial charge in [-0.3, -0.25) is 4.79 Å². The monoisotopic (exact) mass is 448 g/mol. The average molecular weight is 449 g/mol. The normalized spacial score (nSPS) is 10.8. The van der Waals surface area contributed by atoms with E-state index in [0.717, 1.165) is 22.8 Å². The van der Waals surface area contributed by atoms with Crippen LogP contribution in [0.15, 0.2) is 82.1 Å². The number of anilines is 1. The molecule has 0 radical (unpaired) electrons. The molecule has 1 aromatic heterocycles. The molecule has 3 aromatic carbocycles. The third-order valence-electron chi connectivity index (χ3n) is 4.79. The van der Waals surface area contributed by atoms with Crippen LogP contribution < -0.4 is 5.32 Å². The van der Waals surface area contributed by atoms with Gasteiger partial charge in [0, 0.05) is 32.5 Å². The third-order valence-corrected chi connectivity index (χ3v) is 6.06. The predicted octanol–water partition coefficient (Wildman–Crippen LogP) is 7.16. The fourth-order valence-corrected chi connectivity index (χ4v) is 4.00. The molecule has 4 nitrogen and oxygen atoms in total. The van der Waals surface area contributed by atoms with E-state index in [1.165, 1.54) is 10.5 Å². The minimum Gasteiger partial charge on any atom is -0.441 e. The summed E-state index contributed by atoms with van der Waals surface area (Å²) in [5.74, 6) is 1.91. The second-order valence-electron chi connectivity index (χ2n) is 7.16. The molecule has 0 aliphatic heterocycles. The Kier molecular flexibility index (Phi) is 6.44. The third kappa shape index (κ3) is 5.37. The fourth-order valence-electron chi connectivity index (χ4n) is 2.97. The van der Waals surface area contributed by atoms with Crippen molar-refractivity contribution in [2.24, 2.45) is 0 Å². The number of aryl methyl sites for hydroxylation is 2. The zero-order valence-corrected chi connectivity index (χ0v) is 18.8. The van der Waals surface area contributed by atoms with Gasteiger partial charge in [0.15, 0.2) is 0 Å². The summed E-state index contributed by atoms with van der Waals surface area (Å²) in [6, 6.07) is 22.7. The molecule has 31 heavy (non-hydrogen) atoms. The van der Waals surface area contributed by atoms with Crippen molar-refractivity contribution < 1.29 is 9.21 Å². The number of halogens is 1. The van der Waals surface area contributed by atoms with Crippen LogP contribution in [0.5, 0.6) is 0 Å². The maximum atomic E-state index is 12.5. The van der Waals surface area contributed by atoms with Gasteiger partial charge >= 0.3 is 0 Å². The Hall–Kier alpha value is -3.02. The van der Waals surface area contributed by atoms with E-state index in [0.29, 0.717) is 22.2 Å². The highest BCUT2D eigenvalue weighted by atomic mass is 35.5. The lowest BCUT2D eigenvalue weighted by Crippen LogP contribution is -2.11. The number of nitrogens with one attached hydrogen (secondary N) is 1. The summed E-state index contributed by atoms with van der Waals surface area (Å²) >= 11 is 7.61. The van der Waals surface area contributed by atoms with E-state index < -0.39 is 0 Å². The number of hydrogen-bond acceptors (Lipinski definition) is 4. The molecule has 0 unspecified atom stereocenters. The van der Waals surface area contributed by atoms with Crippen LogP contribution in [0.1, 0.15) is 27.4 Å². The van der Waals surface area contributed by atoms with E-state index >= 15 is 0 Å². The Morgan fingerprint density at radius 3 is 2.32 bits per heavy atom. The molecule has 1 heterocycles. The van der Waals surface area contributed by atoms with Gasteiger partial charge in [-0.2, -0.15) is 0 Å². The maximum Gasteiger partial charge on any atom is 0.255 e. The summed E-state index contributed by atoms with van der Waals surface area (Å²) in [6.07, 6.45) is 0. The Morgan fingerprint density at radius 2 is 1.65 bits per heavy atom. The molecular formula is C25H21ClN2O2S. The quantitative estimate of drug-likeness (QED) is 0.318. The summed E-state index contributed by atoms with van der Waals surface area (Å²) in [7, 11) is 0. The number of carbonyl (C=O) groups excluding carboxylic acids is 1. The van der Waals surface area contributed by atoms with Crippen molar-refractivity contribution in [2.45, 2.75) is 24.5 Å². The van der Waals surface area contributed by atoms with Crippen LogP contribution in [-0.4, -0.2) is 10.9 Å². The summed E-state index contributed by atoms with van der Waals surface area (Å²) in [4.78, 5) is 18.3. The molecule has 0 spiro atoms. The Morgan fingerprint density at radius 1 is 0.968 bits per heavy atom. The van der Waals surface area contributed by atoms with Crippen molar-refractivity contribution in [1.82, 2.24) is 4.98 Å². The van der Waals surface area contributed by atoms with Gasteiger partial charge in [0.1, 0.15) is 5.76 Å². The number of oxazole rings is 1. The Labute approximate surface area is 190 Å². The van der Waals surface area contributed by atoms with Crippen LogP contribution in [0.25, 0.3) is 11.5 Å². The highest BCUT2D eigenvalue weighted by molar-refractivity contribution is 7.98. The number of nitrogens with zero attached hydrogens (tertiary/aromatic N) is 1. The SMILES string of the molecule is Cc1ccc(SCc2nc(-c3ccc(C(=O)Nc4ccc(Cl)cc4)cc3)oc2C)cc1. The van der Waals surface area contributed by atoms with E-state index in [9.17, 15) is 4.79 Å². The zero-order chi connectivity index (χ0) is 21.8. The Bertz CT molecular complexity index is 1180. The molecule has 1 N–H and O–H groups in total. The lowest BCUT2D eigenvalue weighted by molar-refractivity contribution is 0.102. The van der Waals surface area contributed by atoms with Gasteiger partial charge in [0.25, 0.3) is 5.91 Å². The second-order valence-corrected chi connectivity index (χ2v) is 8.65. The van der Waals surface area contributed by atoms with E-state index in [2.05, 4.69) is 41.5 Å². The predicted molar refractivity (Wildman–Crippen MR) is 127 cm³/mol. The van der Waals surface area contributed by atoms with Crippen LogP contribution in [-0.2, 0) is 5.75 Å². The van der Waals surface area contributed by atoms with Crippen LogP contribution in [0.4, 0.5) is 5.69 Å². The first kappa shape index (κ1) is 21.2. The second kappa shape index (κ2) is 9.41. The van der Waals surface area contributed by atoms with E-state index in [1.54, 1.807) is 48.2 Å². The topological polar surface area (TPSA) is 55.1 Å². The number of rotatable bonds is 6. The standard InChI is InChI=1S/C25H21ClN2O2S/c1-16-3-13-22(14-4-16)31-15-23-17(2)30-25(28-23)19-7-5-18(6-8-19)24(29)27-21-11-9-20(26)10-12-21/h3-14H,15H2,1-2H3,(H,27,29). The van der Waals surface area contributed by atoms with Crippen molar-refractivity contribution in [2.75, 3.05) is 5.32 Å². The molecule has 0 saturated heterocycles. The van der Waals surface area contributed by atoms with Gasteiger partial charge in [-0.25, -0.2) is 4.98 Å². The van der Waals surface area contributed by atoms with Crippen LogP contribution in [0.3, 0.4) is 0 Å². The summed E-state index contributed by atoms with van der Waals surface area (Å²) in [5, 5.41) is 3.48. The first-order chi connectivity index (χ1) is 15.0. The van der Waals surface area contributed by atoms with E-state index in [-0.39, 0.29) is 5.91 Å². The first-order valence-corrected chi connectivity index (χ1v) is 11.2. The lowest BCUT2D eigenvalue weighted by Gasteiger charge is -2.05. The van der Waals surface area contributed by atoms with Crippen molar-refractivity contribution in [3.8, 4) is 11.5 Å². The van der Waals surface area contributed by atoms with Crippen molar-refractivity contribution in [3.63, 3.8) is 0 Å². The maximum absolute atomic E-state index is 12.5. The molecule has 4 aromatic rings. The van der Waals surface area contributed by atoms with E-state index in [1.807, 2.05) is 19.1 Å². The first-order valence-electron chi connectivity index (χ1n) is 9.81. The van der Waals surface area contributed by atoms with Crippen molar-refractivity contribution >= 4 is 35.0 Å². The average Bonchev–Trinajstić information content (AvgIpc) is 3.15. The van der Waals surface area contributed by atoms with E-state index in [4.69, 9.17) is 16.0 Å². The smallest absolute Gasteiger partial charge is 0.255 e. The van der Waals surface area contributed by atoms with Crippen molar-refractivity contribution in [1.29, 1.82) is 0 Å². The lowest BCUT2D eigenvalue weighted by atomic mass is 10.1. The fraction of sp³-hybridized carbons (Fsp3) is 0.120. The number of aromatic nitrogens is 1. The molecule has 156 valence electrons. The molecule has 0 atom stereocenters.